The topological polar surface area (TPSA) is 89.9 Å². The van der Waals surface area contributed by atoms with E-state index >= 15 is 0 Å². The number of amides is 1. The molecule has 7 heteroatoms. The van der Waals surface area contributed by atoms with Crippen molar-refractivity contribution in [3.8, 4) is 11.5 Å². The zero-order valence-corrected chi connectivity index (χ0v) is 17.1. The van der Waals surface area contributed by atoms with Crippen molar-refractivity contribution in [2.24, 2.45) is 0 Å². The van der Waals surface area contributed by atoms with Crippen LogP contribution in [-0.4, -0.2) is 40.4 Å². The van der Waals surface area contributed by atoms with Crippen LogP contribution in [0.25, 0.3) is 0 Å². The van der Waals surface area contributed by atoms with Crippen LogP contribution in [0.3, 0.4) is 0 Å². The van der Waals surface area contributed by atoms with Crippen LogP contribution >= 0.6 is 11.3 Å². The predicted octanol–water partition coefficient (Wildman–Crippen LogP) is 3.46. The molecule has 1 saturated heterocycles. The fourth-order valence-corrected chi connectivity index (χ4v) is 5.97. The highest BCUT2D eigenvalue weighted by molar-refractivity contribution is 7.12. The minimum atomic E-state index is -1.27. The number of para-hydroxylation sites is 1. The molecule has 0 radical (unpaired) electrons. The second-order valence-corrected chi connectivity index (χ2v) is 8.74. The van der Waals surface area contributed by atoms with Gasteiger partial charge in [-0.3, -0.25) is 14.5 Å². The molecular formula is C23H20N2O4S. The molecule has 1 amide bonds. The first-order valence-electron chi connectivity index (χ1n) is 9.66. The van der Waals surface area contributed by atoms with Gasteiger partial charge >= 0.3 is 0 Å². The molecule has 30 heavy (non-hydrogen) atoms. The Morgan fingerprint density at radius 3 is 2.63 bits per heavy atom. The first kappa shape index (κ1) is 18.8. The molecule has 3 N–H and O–H groups in total. The number of ketones is 1. The highest BCUT2D eigenvalue weighted by Crippen LogP contribution is 2.59. The third kappa shape index (κ3) is 2.16. The summed E-state index contributed by atoms with van der Waals surface area (Å²) in [6, 6.07) is 15.4. The molecule has 0 aliphatic carbocycles. The lowest BCUT2D eigenvalue weighted by Crippen LogP contribution is -2.60. The molecule has 5 rings (SSSR count). The number of rotatable bonds is 3. The van der Waals surface area contributed by atoms with Gasteiger partial charge in [-0.25, -0.2) is 0 Å². The van der Waals surface area contributed by atoms with Gasteiger partial charge in [-0.2, -0.15) is 0 Å². The summed E-state index contributed by atoms with van der Waals surface area (Å²) in [6.07, 6.45) is 0.395. The number of aromatic hydroxyl groups is 2. The number of Topliss-reactive ketones (excluding diaryl/α,β-unsaturated/α-hetero) is 1. The van der Waals surface area contributed by atoms with Crippen LogP contribution < -0.4 is 5.32 Å². The van der Waals surface area contributed by atoms with E-state index in [4.69, 9.17) is 0 Å². The molecule has 2 aliphatic rings. The minimum Gasteiger partial charge on any atom is -0.504 e. The molecule has 1 fully saturated rings. The summed E-state index contributed by atoms with van der Waals surface area (Å²) in [5.74, 6) is -1.02. The molecule has 1 aromatic heterocycles. The highest BCUT2D eigenvalue weighted by atomic mass is 32.1. The highest BCUT2D eigenvalue weighted by Gasteiger charge is 2.70. The van der Waals surface area contributed by atoms with E-state index in [1.54, 1.807) is 12.1 Å². The number of carbonyl (C=O) groups is 2. The number of phenols is 2. The van der Waals surface area contributed by atoms with Gasteiger partial charge in [0.2, 0.25) is 0 Å². The number of likely N-dealkylation sites (tertiary alicyclic amines) is 1. The fraction of sp³-hybridized carbons (Fsp3) is 0.217. The van der Waals surface area contributed by atoms with Gasteiger partial charge in [-0.05, 0) is 48.7 Å². The molecule has 3 heterocycles. The smallest absolute Gasteiger partial charge is 0.251 e. The molecule has 6 nitrogen and oxygen atoms in total. The summed E-state index contributed by atoms with van der Waals surface area (Å²) in [6.45, 7) is 0.514. The maximum absolute atomic E-state index is 14.1. The zero-order chi connectivity index (χ0) is 21.1. The monoisotopic (exact) mass is 420 g/mol. The Morgan fingerprint density at radius 1 is 1.10 bits per heavy atom. The molecule has 152 valence electrons. The molecular weight excluding hydrogens is 400 g/mol. The Morgan fingerprint density at radius 2 is 1.90 bits per heavy atom. The van der Waals surface area contributed by atoms with Crippen LogP contribution in [0.4, 0.5) is 5.69 Å². The quantitative estimate of drug-likeness (QED) is 0.446. The lowest BCUT2D eigenvalue weighted by Gasteiger charge is -2.44. The average Bonchev–Trinajstić information content (AvgIpc) is 3.44. The number of anilines is 1. The van der Waals surface area contributed by atoms with Crippen molar-refractivity contribution < 1.29 is 19.8 Å². The Kier molecular flexibility index (Phi) is 4.03. The normalized spacial score (nSPS) is 25.4. The Hall–Kier alpha value is -3.16. The number of nitrogens with one attached hydrogen (secondary N) is 1. The fourth-order valence-electron chi connectivity index (χ4n) is 5.22. The zero-order valence-electron chi connectivity index (χ0n) is 16.3. The molecule has 0 bridgehead atoms. The molecule has 2 aliphatic heterocycles. The number of fused-ring (bicyclic) bond motifs is 2. The Labute approximate surface area is 177 Å². The molecule has 2 atom stereocenters. The summed E-state index contributed by atoms with van der Waals surface area (Å²) in [4.78, 5) is 30.3. The third-order valence-corrected chi connectivity index (χ3v) is 7.38. The van der Waals surface area contributed by atoms with Crippen molar-refractivity contribution >= 4 is 28.7 Å². The number of benzene rings is 2. The van der Waals surface area contributed by atoms with Gasteiger partial charge in [0.25, 0.3) is 5.91 Å². The number of thiophene rings is 1. The second kappa shape index (κ2) is 6.42. The van der Waals surface area contributed by atoms with Crippen LogP contribution in [0.5, 0.6) is 11.5 Å². The first-order chi connectivity index (χ1) is 14.4. The van der Waals surface area contributed by atoms with E-state index in [1.165, 1.54) is 23.5 Å². The molecule has 2 unspecified atom stereocenters. The first-order valence-corrected chi connectivity index (χ1v) is 10.5. The van der Waals surface area contributed by atoms with E-state index in [1.807, 2.05) is 47.7 Å². The molecule has 2 aromatic carbocycles. The summed E-state index contributed by atoms with van der Waals surface area (Å²) < 4.78 is 0. The van der Waals surface area contributed by atoms with Crippen LogP contribution in [0, 0.1) is 0 Å². The van der Waals surface area contributed by atoms with Crippen molar-refractivity contribution in [3.63, 3.8) is 0 Å². The van der Waals surface area contributed by atoms with Gasteiger partial charge < -0.3 is 15.5 Å². The summed E-state index contributed by atoms with van der Waals surface area (Å²) in [5.41, 5.74) is -0.606. The summed E-state index contributed by atoms with van der Waals surface area (Å²) in [7, 11) is 1.85. The van der Waals surface area contributed by atoms with Crippen LogP contribution in [0.15, 0.2) is 60.0 Å². The van der Waals surface area contributed by atoms with E-state index in [2.05, 4.69) is 5.32 Å². The van der Waals surface area contributed by atoms with E-state index in [0.29, 0.717) is 29.1 Å². The Balaban J connectivity index is 1.88. The van der Waals surface area contributed by atoms with Crippen molar-refractivity contribution in [1.29, 1.82) is 0 Å². The van der Waals surface area contributed by atoms with E-state index in [0.717, 1.165) is 5.56 Å². The standard InChI is InChI=1S/C23H20N2O4S/c1-25-11-10-22(20(28)19-7-4-12-30-19,14-8-9-17(26)18(27)13-14)23(25)15-5-2-3-6-16(15)24-21(23)29/h2-9,12-13,26-27H,10-11H2,1H3,(H,24,29). The van der Waals surface area contributed by atoms with E-state index in [9.17, 15) is 19.8 Å². The van der Waals surface area contributed by atoms with Gasteiger partial charge in [0.05, 0.1) is 10.3 Å². The van der Waals surface area contributed by atoms with Crippen LogP contribution in [0.2, 0.25) is 0 Å². The third-order valence-electron chi connectivity index (χ3n) is 6.51. The lowest BCUT2D eigenvalue weighted by molar-refractivity contribution is -0.127. The van der Waals surface area contributed by atoms with E-state index < -0.39 is 11.0 Å². The van der Waals surface area contributed by atoms with E-state index in [-0.39, 0.29) is 23.2 Å². The van der Waals surface area contributed by atoms with Crippen molar-refractivity contribution in [2.75, 3.05) is 18.9 Å². The number of nitrogens with zero attached hydrogens (tertiary/aromatic N) is 1. The molecule has 3 aromatic rings. The number of likely N-dealkylation sites (N-methyl/N-ethyl adjacent to an activating group) is 1. The maximum Gasteiger partial charge on any atom is 0.251 e. The average molecular weight is 420 g/mol. The van der Waals surface area contributed by atoms with Gasteiger partial charge in [0.15, 0.2) is 17.3 Å². The van der Waals surface area contributed by atoms with Crippen LogP contribution in [0.1, 0.15) is 27.2 Å². The van der Waals surface area contributed by atoms with Gasteiger partial charge in [-0.15, -0.1) is 11.3 Å². The van der Waals surface area contributed by atoms with Gasteiger partial charge in [0.1, 0.15) is 5.54 Å². The number of hydrogen-bond acceptors (Lipinski definition) is 6. The molecule has 0 saturated carbocycles. The summed E-state index contributed by atoms with van der Waals surface area (Å²) in [5, 5.41) is 25.0. The van der Waals surface area contributed by atoms with Crippen molar-refractivity contribution in [1.82, 2.24) is 4.90 Å². The number of hydrogen-bond donors (Lipinski definition) is 3. The maximum atomic E-state index is 14.1. The number of phenolic OH excluding ortho intramolecular Hbond substituents is 2. The summed E-state index contributed by atoms with van der Waals surface area (Å²) >= 11 is 1.33. The van der Waals surface area contributed by atoms with Crippen molar-refractivity contribution in [3.05, 3.63) is 76.0 Å². The predicted molar refractivity (Wildman–Crippen MR) is 114 cm³/mol. The largest absolute Gasteiger partial charge is 0.504 e. The number of carbonyl (C=O) groups excluding carboxylic acids is 2. The lowest BCUT2D eigenvalue weighted by atomic mass is 9.60. The van der Waals surface area contributed by atoms with Crippen LogP contribution in [-0.2, 0) is 15.7 Å². The molecule has 1 spiro atoms. The minimum absolute atomic E-state index is 0.168. The second-order valence-electron chi connectivity index (χ2n) is 7.80. The SMILES string of the molecule is CN1CCC(C(=O)c2cccs2)(c2ccc(O)c(O)c2)C12C(=O)Nc1ccccc12. The van der Waals surface area contributed by atoms with Crippen molar-refractivity contribution in [2.45, 2.75) is 17.4 Å². The van der Waals surface area contributed by atoms with Gasteiger partial charge in [-0.1, -0.05) is 30.3 Å². The Bertz CT molecular complexity index is 1180. The van der Waals surface area contributed by atoms with Gasteiger partial charge in [0, 0.05) is 17.8 Å².